The van der Waals surface area contributed by atoms with Gasteiger partial charge in [0.05, 0.1) is 12.0 Å². The number of rotatable bonds is 7. The number of hydrogen-bond donors (Lipinski definition) is 3. The maximum atomic E-state index is 13.3. The topological polar surface area (TPSA) is 79.5 Å². The number of halogens is 2. The molecule has 1 aromatic rings. The van der Waals surface area contributed by atoms with Gasteiger partial charge in [-0.25, -0.2) is 4.39 Å². The zero-order valence-corrected chi connectivity index (χ0v) is 16.3. The summed E-state index contributed by atoms with van der Waals surface area (Å²) in [5.41, 5.74) is 5.16. The van der Waals surface area contributed by atoms with Crippen molar-refractivity contribution in [2.75, 3.05) is 19.6 Å². The molecule has 5 nitrogen and oxygen atoms in total. The molecule has 0 unspecified atom stereocenters. The molecule has 0 radical (unpaired) electrons. The van der Waals surface area contributed by atoms with Crippen molar-refractivity contribution in [3.05, 3.63) is 34.6 Å². The van der Waals surface area contributed by atoms with Gasteiger partial charge in [0, 0.05) is 23.5 Å². The molecule has 0 aliphatic rings. The van der Waals surface area contributed by atoms with E-state index in [9.17, 15) is 9.18 Å². The predicted octanol–water partition coefficient (Wildman–Crippen LogP) is 2.82. The second-order valence-electron chi connectivity index (χ2n) is 7.30. The van der Waals surface area contributed by atoms with E-state index in [-0.39, 0.29) is 17.8 Å². The standard InChI is InChI=1S/C18H28ClFN4O/c1-6-22-16(24-11-18(4,5)15(21)25)23-10-17(2,3)13-8-7-12(20)9-14(13)19/h7-9H,6,10-11H2,1-5H3,(H2,21,25)(H2,22,23,24). The summed E-state index contributed by atoms with van der Waals surface area (Å²) < 4.78 is 13.3. The Labute approximate surface area is 154 Å². The van der Waals surface area contributed by atoms with Crippen molar-refractivity contribution in [3.8, 4) is 0 Å². The molecule has 140 valence electrons. The van der Waals surface area contributed by atoms with Crippen LogP contribution in [0.3, 0.4) is 0 Å². The second kappa shape index (κ2) is 8.52. The van der Waals surface area contributed by atoms with Crippen LogP contribution in [0.4, 0.5) is 4.39 Å². The minimum Gasteiger partial charge on any atom is -0.369 e. The van der Waals surface area contributed by atoms with Crippen LogP contribution in [0.2, 0.25) is 5.02 Å². The van der Waals surface area contributed by atoms with Crippen molar-refractivity contribution in [1.82, 2.24) is 10.6 Å². The molecule has 0 aromatic heterocycles. The van der Waals surface area contributed by atoms with Crippen molar-refractivity contribution in [3.63, 3.8) is 0 Å². The number of aliphatic imine (C=N–C) groups is 1. The van der Waals surface area contributed by atoms with Gasteiger partial charge in [-0.15, -0.1) is 0 Å². The summed E-state index contributed by atoms with van der Waals surface area (Å²) in [7, 11) is 0. The first-order chi connectivity index (χ1) is 11.5. The van der Waals surface area contributed by atoms with Gasteiger partial charge < -0.3 is 16.4 Å². The first-order valence-corrected chi connectivity index (χ1v) is 8.65. The third-order valence-corrected chi connectivity index (χ3v) is 4.31. The third kappa shape index (κ3) is 6.20. The zero-order valence-electron chi connectivity index (χ0n) is 15.5. The molecule has 0 atom stereocenters. The lowest BCUT2D eigenvalue weighted by atomic mass is 9.84. The van der Waals surface area contributed by atoms with Gasteiger partial charge in [-0.3, -0.25) is 9.79 Å². The molecule has 4 N–H and O–H groups in total. The van der Waals surface area contributed by atoms with Gasteiger partial charge in [-0.2, -0.15) is 0 Å². The highest BCUT2D eigenvalue weighted by Crippen LogP contribution is 2.29. The van der Waals surface area contributed by atoms with Gasteiger partial charge >= 0.3 is 0 Å². The van der Waals surface area contributed by atoms with Crippen molar-refractivity contribution in [2.45, 2.75) is 40.0 Å². The van der Waals surface area contributed by atoms with Gasteiger partial charge in [-0.1, -0.05) is 31.5 Å². The quantitative estimate of drug-likeness (QED) is 0.510. The highest BCUT2D eigenvalue weighted by Gasteiger charge is 2.26. The number of primary amides is 1. The van der Waals surface area contributed by atoms with E-state index in [0.29, 0.717) is 24.1 Å². The van der Waals surface area contributed by atoms with Gasteiger partial charge in [-0.05, 0) is 38.5 Å². The number of benzene rings is 1. The fourth-order valence-electron chi connectivity index (χ4n) is 2.13. The number of nitrogens with one attached hydrogen (secondary N) is 2. The molecule has 0 bridgehead atoms. The van der Waals surface area contributed by atoms with Gasteiger partial charge in [0.2, 0.25) is 5.91 Å². The number of amides is 1. The lowest BCUT2D eigenvalue weighted by Crippen LogP contribution is -2.44. The average molecular weight is 371 g/mol. The largest absolute Gasteiger partial charge is 0.369 e. The Bertz CT molecular complexity index is 644. The molecule has 7 heteroatoms. The van der Waals surface area contributed by atoms with E-state index in [4.69, 9.17) is 17.3 Å². The SMILES string of the molecule is CCNC(=NCC(C)(C)C(N)=O)NCC(C)(C)c1ccc(F)cc1Cl. The fraction of sp³-hybridized carbons (Fsp3) is 0.556. The summed E-state index contributed by atoms with van der Waals surface area (Å²) in [5, 5.41) is 6.78. The number of carbonyl (C=O) groups is 1. The Kier molecular flexibility index (Phi) is 7.23. The van der Waals surface area contributed by atoms with Crippen LogP contribution in [0.1, 0.15) is 40.2 Å². The Morgan fingerprint density at radius 1 is 1.28 bits per heavy atom. The molecule has 0 fully saturated rings. The van der Waals surface area contributed by atoms with Crippen molar-refractivity contribution in [1.29, 1.82) is 0 Å². The predicted molar refractivity (Wildman–Crippen MR) is 101 cm³/mol. The smallest absolute Gasteiger partial charge is 0.224 e. The Morgan fingerprint density at radius 3 is 2.44 bits per heavy atom. The van der Waals surface area contributed by atoms with E-state index in [1.165, 1.54) is 12.1 Å². The van der Waals surface area contributed by atoms with E-state index in [1.807, 2.05) is 20.8 Å². The highest BCUT2D eigenvalue weighted by molar-refractivity contribution is 6.31. The van der Waals surface area contributed by atoms with Gasteiger partial charge in [0.15, 0.2) is 5.96 Å². The molecular formula is C18H28ClFN4O. The molecule has 1 rings (SSSR count). The summed E-state index contributed by atoms with van der Waals surface area (Å²) in [5.74, 6) is -0.172. The van der Waals surface area contributed by atoms with Crippen LogP contribution in [0.15, 0.2) is 23.2 Å². The summed E-state index contributed by atoms with van der Waals surface area (Å²) >= 11 is 6.18. The number of hydrogen-bond acceptors (Lipinski definition) is 2. The zero-order chi connectivity index (χ0) is 19.3. The fourth-order valence-corrected chi connectivity index (χ4v) is 2.56. The summed E-state index contributed by atoms with van der Waals surface area (Å²) in [6.45, 7) is 11.0. The minimum absolute atomic E-state index is 0.273. The third-order valence-electron chi connectivity index (χ3n) is 4.00. The molecule has 0 saturated carbocycles. The molecule has 0 saturated heterocycles. The highest BCUT2D eigenvalue weighted by atomic mass is 35.5. The molecule has 0 heterocycles. The lowest BCUT2D eigenvalue weighted by Gasteiger charge is -2.28. The molecule has 1 aromatic carbocycles. The van der Waals surface area contributed by atoms with Crippen LogP contribution in [-0.2, 0) is 10.2 Å². The summed E-state index contributed by atoms with van der Waals surface area (Å²) in [4.78, 5) is 15.9. The Hall–Kier alpha value is -1.82. The Morgan fingerprint density at radius 2 is 1.92 bits per heavy atom. The van der Waals surface area contributed by atoms with Crippen LogP contribution in [0.5, 0.6) is 0 Å². The molecule has 0 spiro atoms. The monoisotopic (exact) mass is 370 g/mol. The van der Waals surface area contributed by atoms with Gasteiger partial charge in [0.1, 0.15) is 5.82 Å². The number of guanidine groups is 1. The van der Waals surface area contributed by atoms with Crippen LogP contribution in [0.25, 0.3) is 0 Å². The van der Waals surface area contributed by atoms with Crippen LogP contribution in [-0.4, -0.2) is 31.5 Å². The summed E-state index contributed by atoms with van der Waals surface area (Å²) in [6.07, 6.45) is 0. The van der Waals surface area contributed by atoms with E-state index in [2.05, 4.69) is 15.6 Å². The molecule has 0 aliphatic heterocycles. The molecule has 0 aliphatic carbocycles. The van der Waals surface area contributed by atoms with Crippen LogP contribution >= 0.6 is 11.6 Å². The number of carbonyl (C=O) groups excluding carboxylic acids is 1. The van der Waals surface area contributed by atoms with E-state index >= 15 is 0 Å². The normalized spacial score (nSPS) is 12.8. The number of nitrogens with zero attached hydrogens (tertiary/aromatic N) is 1. The van der Waals surface area contributed by atoms with Crippen LogP contribution in [0, 0.1) is 11.2 Å². The maximum Gasteiger partial charge on any atom is 0.224 e. The molecular weight excluding hydrogens is 343 g/mol. The summed E-state index contributed by atoms with van der Waals surface area (Å²) in [6, 6.07) is 4.41. The van der Waals surface area contributed by atoms with Gasteiger partial charge in [0.25, 0.3) is 0 Å². The second-order valence-corrected chi connectivity index (χ2v) is 7.71. The number of nitrogens with two attached hydrogens (primary N) is 1. The van der Waals surface area contributed by atoms with Crippen molar-refractivity contribution < 1.29 is 9.18 Å². The average Bonchev–Trinajstić information content (AvgIpc) is 2.49. The first-order valence-electron chi connectivity index (χ1n) is 8.27. The first kappa shape index (κ1) is 21.2. The van der Waals surface area contributed by atoms with E-state index < -0.39 is 11.3 Å². The van der Waals surface area contributed by atoms with E-state index in [0.717, 1.165) is 5.56 Å². The minimum atomic E-state index is -0.724. The van der Waals surface area contributed by atoms with Crippen LogP contribution < -0.4 is 16.4 Å². The molecule has 25 heavy (non-hydrogen) atoms. The Balaban J connectivity index is 2.87. The van der Waals surface area contributed by atoms with E-state index in [1.54, 1.807) is 19.9 Å². The lowest BCUT2D eigenvalue weighted by molar-refractivity contribution is -0.125. The van der Waals surface area contributed by atoms with Crippen molar-refractivity contribution in [2.24, 2.45) is 16.1 Å². The maximum absolute atomic E-state index is 13.3. The van der Waals surface area contributed by atoms with Crippen molar-refractivity contribution >= 4 is 23.5 Å². The molecule has 1 amide bonds.